The monoisotopic (exact) mass is 484 g/mol. The minimum Gasteiger partial charge on any atom is -0.379 e. The fraction of sp³-hybridized carbons (Fsp3) is 0.474. The van der Waals surface area contributed by atoms with Crippen LogP contribution in [0.3, 0.4) is 0 Å². The van der Waals surface area contributed by atoms with Crippen LogP contribution in [0.15, 0.2) is 41.5 Å². The Kier molecular flexibility index (Phi) is 9.02. The molecule has 0 aliphatic carbocycles. The van der Waals surface area contributed by atoms with Crippen LogP contribution in [0.25, 0.3) is 0 Å². The van der Waals surface area contributed by atoms with Gasteiger partial charge in [0, 0.05) is 46.5 Å². The van der Waals surface area contributed by atoms with E-state index in [9.17, 15) is 0 Å². The first kappa shape index (κ1) is 21.6. The number of aliphatic imine (C=N–C) groups is 1. The maximum atomic E-state index is 5.44. The number of rotatable bonds is 6. The van der Waals surface area contributed by atoms with Gasteiger partial charge in [-0.1, -0.05) is 24.3 Å². The average molecular weight is 484 g/mol. The van der Waals surface area contributed by atoms with Gasteiger partial charge in [0.2, 0.25) is 0 Å². The number of nitrogens with zero attached hydrogens (tertiary/aromatic N) is 4. The number of benzene rings is 1. The molecule has 0 spiro atoms. The van der Waals surface area contributed by atoms with Crippen molar-refractivity contribution < 1.29 is 4.74 Å². The molecule has 1 aromatic heterocycles. The SMILES string of the molecule is CN=C(NCc1ccccc1CN1CCOCC1)NCc1ccnn1C.I. The molecule has 1 saturated heterocycles. The van der Waals surface area contributed by atoms with Gasteiger partial charge in [-0.3, -0.25) is 14.6 Å². The van der Waals surface area contributed by atoms with Crippen molar-refractivity contribution in [3.05, 3.63) is 53.3 Å². The summed E-state index contributed by atoms with van der Waals surface area (Å²) in [6.45, 7) is 6.03. The summed E-state index contributed by atoms with van der Waals surface area (Å²) < 4.78 is 7.30. The smallest absolute Gasteiger partial charge is 0.191 e. The van der Waals surface area contributed by atoms with Crippen molar-refractivity contribution in [1.82, 2.24) is 25.3 Å². The summed E-state index contributed by atoms with van der Waals surface area (Å²) in [7, 11) is 3.73. The predicted molar refractivity (Wildman–Crippen MR) is 118 cm³/mol. The number of hydrogen-bond acceptors (Lipinski definition) is 4. The van der Waals surface area contributed by atoms with Crippen LogP contribution in [0.1, 0.15) is 16.8 Å². The second-order valence-electron chi connectivity index (χ2n) is 6.38. The highest BCUT2D eigenvalue weighted by Gasteiger charge is 2.12. The van der Waals surface area contributed by atoms with Crippen LogP contribution >= 0.6 is 24.0 Å². The van der Waals surface area contributed by atoms with E-state index in [1.165, 1.54) is 11.1 Å². The number of halogens is 1. The standard InChI is InChI=1S/C19H28N6O.HI/c1-20-19(22-14-18-7-8-23-24(18)2)21-13-16-5-3-4-6-17(16)15-25-9-11-26-12-10-25;/h3-8H,9-15H2,1-2H3,(H2,20,21,22);1H. The zero-order valence-electron chi connectivity index (χ0n) is 16.0. The summed E-state index contributed by atoms with van der Waals surface area (Å²) in [6.07, 6.45) is 1.80. The third-order valence-electron chi connectivity index (χ3n) is 4.65. The molecule has 0 bridgehead atoms. The molecule has 0 unspecified atom stereocenters. The first-order valence-electron chi connectivity index (χ1n) is 9.04. The minimum atomic E-state index is 0. The quantitative estimate of drug-likeness (QED) is 0.372. The highest BCUT2D eigenvalue weighted by Crippen LogP contribution is 2.13. The van der Waals surface area contributed by atoms with Crippen LogP contribution < -0.4 is 10.6 Å². The highest BCUT2D eigenvalue weighted by molar-refractivity contribution is 14.0. The van der Waals surface area contributed by atoms with Crippen molar-refractivity contribution in [3.63, 3.8) is 0 Å². The molecule has 3 rings (SSSR count). The average Bonchev–Trinajstić information content (AvgIpc) is 3.09. The number of aromatic nitrogens is 2. The second-order valence-corrected chi connectivity index (χ2v) is 6.38. The number of nitrogens with one attached hydrogen (secondary N) is 2. The van der Waals surface area contributed by atoms with Gasteiger partial charge in [-0.2, -0.15) is 5.10 Å². The summed E-state index contributed by atoms with van der Waals surface area (Å²) in [5.74, 6) is 0.785. The van der Waals surface area contributed by atoms with Gasteiger partial charge in [0.05, 0.1) is 25.5 Å². The molecule has 8 heteroatoms. The maximum absolute atomic E-state index is 5.44. The van der Waals surface area contributed by atoms with E-state index in [0.29, 0.717) is 6.54 Å². The predicted octanol–water partition coefficient (Wildman–Crippen LogP) is 1.74. The topological polar surface area (TPSA) is 66.7 Å². The molecule has 1 fully saturated rings. The fourth-order valence-corrected chi connectivity index (χ4v) is 3.03. The Morgan fingerprint density at radius 2 is 1.81 bits per heavy atom. The summed E-state index contributed by atoms with van der Waals surface area (Å²) in [5.41, 5.74) is 3.76. The Labute approximate surface area is 178 Å². The van der Waals surface area contributed by atoms with E-state index in [1.54, 1.807) is 13.2 Å². The number of morpholine rings is 1. The Morgan fingerprint density at radius 3 is 2.48 bits per heavy atom. The largest absolute Gasteiger partial charge is 0.379 e. The van der Waals surface area contributed by atoms with E-state index in [0.717, 1.165) is 51.0 Å². The van der Waals surface area contributed by atoms with Gasteiger partial charge < -0.3 is 15.4 Å². The number of guanidine groups is 1. The summed E-state index contributed by atoms with van der Waals surface area (Å²) in [6, 6.07) is 10.6. The first-order valence-corrected chi connectivity index (χ1v) is 9.04. The van der Waals surface area contributed by atoms with Gasteiger partial charge in [-0.05, 0) is 17.2 Å². The molecule has 27 heavy (non-hydrogen) atoms. The Morgan fingerprint density at radius 1 is 1.11 bits per heavy atom. The fourth-order valence-electron chi connectivity index (χ4n) is 3.03. The molecular weight excluding hydrogens is 455 g/mol. The molecule has 0 saturated carbocycles. The van der Waals surface area contributed by atoms with E-state index in [2.05, 4.69) is 49.9 Å². The van der Waals surface area contributed by atoms with Crippen LogP contribution in [-0.2, 0) is 31.4 Å². The summed E-state index contributed by atoms with van der Waals surface area (Å²) in [4.78, 5) is 6.76. The lowest BCUT2D eigenvalue weighted by Crippen LogP contribution is -2.38. The van der Waals surface area contributed by atoms with Crippen molar-refractivity contribution in [1.29, 1.82) is 0 Å². The Balaban J connectivity index is 0.00000261. The molecule has 148 valence electrons. The van der Waals surface area contributed by atoms with Gasteiger partial charge in [0.25, 0.3) is 0 Å². The molecular formula is C19H29IN6O. The van der Waals surface area contributed by atoms with Crippen molar-refractivity contribution in [2.24, 2.45) is 12.0 Å². The third kappa shape index (κ3) is 6.47. The second kappa shape index (κ2) is 11.3. The molecule has 1 aromatic carbocycles. The Hall–Kier alpha value is -1.65. The van der Waals surface area contributed by atoms with E-state index in [4.69, 9.17) is 4.74 Å². The van der Waals surface area contributed by atoms with Gasteiger partial charge in [0.15, 0.2) is 5.96 Å². The molecule has 0 atom stereocenters. The van der Waals surface area contributed by atoms with E-state index in [1.807, 2.05) is 17.8 Å². The van der Waals surface area contributed by atoms with Gasteiger partial charge in [-0.15, -0.1) is 24.0 Å². The molecule has 2 aromatic rings. The molecule has 1 aliphatic rings. The van der Waals surface area contributed by atoms with Crippen molar-refractivity contribution in [3.8, 4) is 0 Å². The van der Waals surface area contributed by atoms with Crippen molar-refractivity contribution in [2.75, 3.05) is 33.4 Å². The molecule has 0 radical (unpaired) electrons. The van der Waals surface area contributed by atoms with Crippen molar-refractivity contribution >= 4 is 29.9 Å². The van der Waals surface area contributed by atoms with Crippen LogP contribution in [0.5, 0.6) is 0 Å². The highest BCUT2D eigenvalue weighted by atomic mass is 127. The van der Waals surface area contributed by atoms with Crippen LogP contribution in [0.2, 0.25) is 0 Å². The van der Waals surface area contributed by atoms with Crippen LogP contribution in [0.4, 0.5) is 0 Å². The molecule has 1 aliphatic heterocycles. The van der Waals surface area contributed by atoms with Crippen LogP contribution in [0, 0.1) is 0 Å². The van der Waals surface area contributed by atoms with E-state index in [-0.39, 0.29) is 24.0 Å². The zero-order chi connectivity index (χ0) is 18.2. The van der Waals surface area contributed by atoms with E-state index >= 15 is 0 Å². The third-order valence-corrected chi connectivity index (χ3v) is 4.65. The number of ether oxygens (including phenoxy) is 1. The molecule has 2 N–H and O–H groups in total. The first-order chi connectivity index (χ1) is 12.8. The normalized spacial score (nSPS) is 15.3. The molecule has 2 heterocycles. The zero-order valence-corrected chi connectivity index (χ0v) is 18.3. The minimum absolute atomic E-state index is 0. The summed E-state index contributed by atoms with van der Waals surface area (Å²) in [5, 5.41) is 10.9. The lowest BCUT2D eigenvalue weighted by molar-refractivity contribution is 0.0341. The van der Waals surface area contributed by atoms with Gasteiger partial charge in [0.1, 0.15) is 0 Å². The lowest BCUT2D eigenvalue weighted by atomic mass is 10.1. The van der Waals surface area contributed by atoms with Gasteiger partial charge >= 0.3 is 0 Å². The molecule has 7 nitrogen and oxygen atoms in total. The Bertz CT molecular complexity index is 726. The van der Waals surface area contributed by atoms with Crippen molar-refractivity contribution in [2.45, 2.75) is 19.6 Å². The number of hydrogen-bond donors (Lipinski definition) is 2. The van der Waals surface area contributed by atoms with Crippen LogP contribution in [-0.4, -0.2) is 54.0 Å². The molecule has 0 amide bonds. The summed E-state index contributed by atoms with van der Waals surface area (Å²) >= 11 is 0. The van der Waals surface area contributed by atoms with Gasteiger partial charge in [-0.25, -0.2) is 0 Å². The number of aryl methyl sites for hydroxylation is 1. The van der Waals surface area contributed by atoms with E-state index < -0.39 is 0 Å². The maximum Gasteiger partial charge on any atom is 0.191 e. The lowest BCUT2D eigenvalue weighted by Gasteiger charge is -2.27.